The molecule has 3 aromatic heterocycles. The number of rotatable bonds is 3. The maximum atomic E-state index is 13.3. The fourth-order valence-corrected chi connectivity index (χ4v) is 5.67. The molecule has 170 valence electrons. The third-order valence-electron chi connectivity index (χ3n) is 6.30. The summed E-state index contributed by atoms with van der Waals surface area (Å²) in [5, 5.41) is 8.98. The molecule has 2 aliphatic heterocycles. The predicted octanol–water partition coefficient (Wildman–Crippen LogP) is 2.14. The van der Waals surface area contributed by atoms with E-state index in [4.69, 9.17) is 16.0 Å². The summed E-state index contributed by atoms with van der Waals surface area (Å²) in [4.78, 5) is 44.5. The predicted molar refractivity (Wildman–Crippen MR) is 127 cm³/mol. The van der Waals surface area contributed by atoms with Crippen LogP contribution >= 0.6 is 11.3 Å². The molecule has 2 amide bonds. The molecule has 3 aromatic rings. The number of hydrogen-bond donors (Lipinski definition) is 1. The van der Waals surface area contributed by atoms with E-state index < -0.39 is 11.5 Å². The Balaban J connectivity index is 1.55. The quantitative estimate of drug-likeness (QED) is 0.623. The minimum Gasteiger partial charge on any atom is -0.369 e. The number of carbonyl (C=O) groups is 2. The van der Waals surface area contributed by atoms with Crippen LogP contribution in [0.25, 0.3) is 10.4 Å². The van der Waals surface area contributed by atoms with Crippen LogP contribution in [-0.2, 0) is 10.3 Å². The van der Waals surface area contributed by atoms with Gasteiger partial charge in [0.1, 0.15) is 17.3 Å². The van der Waals surface area contributed by atoms with E-state index in [-0.39, 0.29) is 36.6 Å². The summed E-state index contributed by atoms with van der Waals surface area (Å²) in [6, 6.07) is 11.0. The highest BCUT2D eigenvalue weighted by atomic mass is 32.1. The van der Waals surface area contributed by atoms with Crippen LogP contribution in [0.4, 0.5) is 0 Å². The number of aliphatic imine (C=N–C) groups is 1. The highest BCUT2D eigenvalue weighted by Crippen LogP contribution is 2.47. The molecular weight excluding hydrogens is 450 g/mol. The van der Waals surface area contributed by atoms with E-state index in [1.807, 2.05) is 25.1 Å². The van der Waals surface area contributed by atoms with Gasteiger partial charge in [-0.15, -0.1) is 11.3 Å². The Labute approximate surface area is 200 Å². The molecule has 0 aliphatic carbocycles. The van der Waals surface area contributed by atoms with Crippen molar-refractivity contribution in [3.05, 3.63) is 70.6 Å². The first-order chi connectivity index (χ1) is 16.3. The molecule has 9 nitrogen and oxygen atoms in total. The maximum absolute atomic E-state index is 13.3. The number of guanidine groups is 1. The molecule has 5 heterocycles. The Morgan fingerprint density at radius 3 is 2.79 bits per heavy atom. The molecule has 1 saturated heterocycles. The van der Waals surface area contributed by atoms with Gasteiger partial charge in [-0.25, -0.2) is 9.98 Å². The summed E-state index contributed by atoms with van der Waals surface area (Å²) in [5.74, 6) is -0.882. The average Bonchev–Trinajstić information content (AvgIpc) is 3.49. The van der Waals surface area contributed by atoms with Crippen molar-refractivity contribution in [2.45, 2.75) is 12.5 Å². The Bertz CT molecular complexity index is 1370. The number of hydrogen-bond acceptors (Lipinski definition) is 8. The lowest BCUT2D eigenvalue weighted by atomic mass is 9.84. The molecule has 0 saturated carbocycles. The van der Waals surface area contributed by atoms with E-state index in [0.717, 1.165) is 20.9 Å². The number of carbonyl (C=O) groups excluding carboxylic acids is 2. The van der Waals surface area contributed by atoms with Gasteiger partial charge < -0.3 is 10.6 Å². The summed E-state index contributed by atoms with van der Waals surface area (Å²) < 4.78 is 0. The van der Waals surface area contributed by atoms with E-state index >= 15 is 0 Å². The maximum Gasteiger partial charge on any atom is 0.255 e. The van der Waals surface area contributed by atoms with E-state index in [9.17, 15) is 9.59 Å². The highest BCUT2D eigenvalue weighted by Gasteiger charge is 2.57. The molecule has 2 N–H and O–H groups in total. The van der Waals surface area contributed by atoms with Crippen molar-refractivity contribution in [3.8, 4) is 16.5 Å². The minimum atomic E-state index is -0.969. The van der Waals surface area contributed by atoms with Crippen LogP contribution in [0.5, 0.6) is 0 Å². The van der Waals surface area contributed by atoms with Crippen molar-refractivity contribution in [2.24, 2.45) is 16.6 Å². The SMILES string of the molecule is Cc1cncc(-c2ccc(C34CN(C(=O)c5ccc(C#N)nc5)CC3C(=O)N(C)C(N)=N4)s2)c1. The summed E-state index contributed by atoms with van der Waals surface area (Å²) in [7, 11) is 1.60. The smallest absolute Gasteiger partial charge is 0.255 e. The van der Waals surface area contributed by atoms with Gasteiger partial charge >= 0.3 is 0 Å². The minimum absolute atomic E-state index is 0.128. The fourth-order valence-electron chi connectivity index (χ4n) is 4.50. The van der Waals surface area contributed by atoms with Gasteiger partial charge in [-0.3, -0.25) is 19.5 Å². The number of pyridine rings is 2. The van der Waals surface area contributed by atoms with Crippen LogP contribution in [0.1, 0.15) is 26.5 Å². The Morgan fingerprint density at radius 1 is 1.26 bits per heavy atom. The van der Waals surface area contributed by atoms with Crippen LogP contribution < -0.4 is 5.73 Å². The zero-order chi connectivity index (χ0) is 24.0. The second-order valence-electron chi connectivity index (χ2n) is 8.49. The van der Waals surface area contributed by atoms with Gasteiger partial charge in [-0.05, 0) is 42.8 Å². The Hall–Kier alpha value is -4.10. The van der Waals surface area contributed by atoms with E-state index in [0.29, 0.717) is 5.56 Å². The topological polar surface area (TPSA) is 129 Å². The van der Waals surface area contributed by atoms with Crippen molar-refractivity contribution < 1.29 is 9.59 Å². The molecule has 2 aliphatic rings. The molecule has 0 radical (unpaired) electrons. The lowest BCUT2D eigenvalue weighted by molar-refractivity contribution is -0.132. The number of nitriles is 1. The number of nitrogens with zero attached hydrogens (tertiary/aromatic N) is 6. The zero-order valence-electron chi connectivity index (χ0n) is 18.6. The molecule has 0 aromatic carbocycles. The number of aryl methyl sites for hydroxylation is 1. The molecule has 0 spiro atoms. The van der Waals surface area contributed by atoms with E-state index in [1.54, 1.807) is 30.4 Å². The second-order valence-corrected chi connectivity index (χ2v) is 9.57. The monoisotopic (exact) mass is 471 g/mol. The van der Waals surface area contributed by atoms with Crippen LogP contribution in [0.2, 0.25) is 0 Å². The molecular formula is C24H21N7O2S. The van der Waals surface area contributed by atoms with Crippen LogP contribution in [0.3, 0.4) is 0 Å². The first-order valence-electron chi connectivity index (χ1n) is 10.6. The number of aromatic nitrogens is 2. The Kier molecular flexibility index (Phi) is 5.14. The van der Waals surface area contributed by atoms with Crippen LogP contribution in [0.15, 0.2) is 53.9 Å². The molecule has 1 fully saturated rings. The first-order valence-corrected chi connectivity index (χ1v) is 11.4. The van der Waals surface area contributed by atoms with Gasteiger partial charge in [-0.1, -0.05) is 0 Å². The normalized spacial score (nSPS) is 21.7. The van der Waals surface area contributed by atoms with Crippen LogP contribution in [-0.4, -0.2) is 57.7 Å². The highest BCUT2D eigenvalue weighted by molar-refractivity contribution is 7.15. The third kappa shape index (κ3) is 3.41. The molecule has 2 unspecified atom stereocenters. The van der Waals surface area contributed by atoms with Crippen molar-refractivity contribution in [3.63, 3.8) is 0 Å². The number of amides is 2. The molecule has 5 rings (SSSR count). The van der Waals surface area contributed by atoms with Crippen molar-refractivity contribution in [2.75, 3.05) is 20.1 Å². The first kappa shape index (κ1) is 21.7. The van der Waals surface area contributed by atoms with E-state index in [1.165, 1.54) is 28.5 Å². The largest absolute Gasteiger partial charge is 0.369 e. The summed E-state index contributed by atoms with van der Waals surface area (Å²) >= 11 is 1.53. The molecule has 10 heteroatoms. The molecule has 34 heavy (non-hydrogen) atoms. The van der Waals surface area contributed by atoms with Gasteiger partial charge in [0.2, 0.25) is 5.91 Å². The number of nitrogens with two attached hydrogens (primary N) is 1. The lowest BCUT2D eigenvalue weighted by Crippen LogP contribution is -2.54. The van der Waals surface area contributed by atoms with Crippen molar-refractivity contribution >= 4 is 29.1 Å². The summed E-state index contributed by atoms with van der Waals surface area (Å²) in [6.45, 7) is 2.40. The summed E-state index contributed by atoms with van der Waals surface area (Å²) in [5.41, 5.74) is 7.80. The second kappa shape index (κ2) is 8.04. The van der Waals surface area contributed by atoms with Gasteiger partial charge in [0, 0.05) is 47.5 Å². The van der Waals surface area contributed by atoms with Crippen molar-refractivity contribution in [1.82, 2.24) is 19.8 Å². The van der Waals surface area contributed by atoms with Gasteiger partial charge in [-0.2, -0.15) is 5.26 Å². The van der Waals surface area contributed by atoms with Gasteiger partial charge in [0.25, 0.3) is 5.91 Å². The third-order valence-corrected chi connectivity index (χ3v) is 7.60. The molecule has 2 atom stereocenters. The van der Waals surface area contributed by atoms with E-state index in [2.05, 4.69) is 16.0 Å². The lowest BCUT2D eigenvalue weighted by Gasteiger charge is -2.36. The standard InChI is InChI=1S/C24H21N7O2S/c1-14-7-16(10-27-9-14)19-5-6-20(34-19)24-13-31(12-18(24)22(33)30(2)23(26)29-24)21(32)15-3-4-17(8-25)28-11-15/h3-7,9-11,18H,12-13H2,1-2H3,(H2,26,29). The molecule has 0 bridgehead atoms. The Morgan fingerprint density at radius 2 is 2.09 bits per heavy atom. The zero-order valence-corrected chi connectivity index (χ0v) is 19.4. The van der Waals surface area contributed by atoms with Gasteiger partial charge in [0.05, 0.1) is 18.0 Å². The fraction of sp³-hybridized carbons (Fsp3) is 0.250. The number of fused-ring (bicyclic) bond motifs is 1. The number of thiophene rings is 1. The van der Waals surface area contributed by atoms with Crippen LogP contribution in [0, 0.1) is 24.2 Å². The number of likely N-dealkylation sites (tertiary alicyclic amines) is 1. The van der Waals surface area contributed by atoms with Gasteiger partial charge in [0.15, 0.2) is 5.96 Å². The summed E-state index contributed by atoms with van der Waals surface area (Å²) in [6.07, 6.45) is 4.98. The van der Waals surface area contributed by atoms with Crippen molar-refractivity contribution in [1.29, 1.82) is 5.26 Å². The average molecular weight is 472 g/mol.